The third kappa shape index (κ3) is 2.48. The lowest BCUT2D eigenvalue weighted by atomic mass is 9.76. The average Bonchev–Trinajstić information content (AvgIpc) is 2.89. The molecular formula is C10H17FO8. The van der Waals surface area contributed by atoms with Gasteiger partial charge in [0.25, 0.3) is 0 Å². The fourth-order valence-corrected chi connectivity index (χ4v) is 2.39. The van der Waals surface area contributed by atoms with Gasteiger partial charge in [-0.05, 0) is 0 Å². The van der Waals surface area contributed by atoms with E-state index in [9.17, 15) is 4.39 Å². The Morgan fingerprint density at radius 2 is 1.79 bits per heavy atom. The quantitative estimate of drug-likeness (QED) is 0.296. The van der Waals surface area contributed by atoms with Crippen molar-refractivity contribution in [3.05, 3.63) is 0 Å². The second kappa shape index (κ2) is 5.19. The van der Waals surface area contributed by atoms with Crippen LogP contribution in [0.1, 0.15) is 6.42 Å². The average molecular weight is 284 g/mol. The number of fused-ring (bicyclic) bond motifs is 1. The molecule has 3 aliphatic heterocycles. The molecule has 2 unspecified atom stereocenters. The molecule has 0 aromatic heterocycles. The predicted octanol–water partition coefficient (Wildman–Crippen LogP) is -3.20. The first-order valence-corrected chi connectivity index (χ1v) is 5.84. The third-order valence-corrected chi connectivity index (χ3v) is 3.52. The minimum atomic E-state index is -2.53. The van der Waals surface area contributed by atoms with Crippen LogP contribution in [0.5, 0.6) is 0 Å². The zero-order chi connectivity index (χ0) is 14.4. The van der Waals surface area contributed by atoms with E-state index in [4.69, 9.17) is 30.6 Å². The topological polar surface area (TPSA) is 140 Å². The van der Waals surface area contributed by atoms with Crippen LogP contribution in [0.15, 0.2) is 0 Å². The second-order valence-electron chi connectivity index (χ2n) is 4.81. The summed E-state index contributed by atoms with van der Waals surface area (Å²) in [6, 6.07) is 0. The highest BCUT2D eigenvalue weighted by molar-refractivity contribution is 5.11. The monoisotopic (exact) mass is 284 g/mol. The number of alkyl halides is 1. The van der Waals surface area contributed by atoms with Crippen LogP contribution in [0.2, 0.25) is 0 Å². The van der Waals surface area contributed by atoms with Gasteiger partial charge in [0.2, 0.25) is 5.85 Å². The molecule has 112 valence electrons. The molecule has 1 aliphatic carbocycles. The predicted molar refractivity (Wildman–Crippen MR) is 55.0 cm³/mol. The van der Waals surface area contributed by atoms with Gasteiger partial charge >= 0.3 is 0 Å². The summed E-state index contributed by atoms with van der Waals surface area (Å²) in [6.45, 7) is -0.238. The summed E-state index contributed by atoms with van der Waals surface area (Å²) in [7, 11) is 0. The van der Waals surface area contributed by atoms with Crippen molar-refractivity contribution in [2.75, 3.05) is 6.61 Å². The Morgan fingerprint density at radius 3 is 1.95 bits per heavy atom. The Labute approximate surface area is 107 Å². The summed E-state index contributed by atoms with van der Waals surface area (Å²) in [4.78, 5) is 0. The molecule has 3 saturated heterocycles. The molecule has 0 radical (unpaired) electrons. The van der Waals surface area contributed by atoms with Gasteiger partial charge in [0.1, 0.15) is 12.2 Å². The van der Waals surface area contributed by atoms with Crippen LogP contribution in [0.3, 0.4) is 0 Å². The van der Waals surface area contributed by atoms with Crippen molar-refractivity contribution in [3.63, 3.8) is 0 Å². The number of halogens is 1. The Kier molecular flexibility index (Phi) is 4.10. The molecule has 4 aliphatic rings. The van der Waals surface area contributed by atoms with Crippen LogP contribution in [-0.2, 0) is 9.47 Å². The van der Waals surface area contributed by atoms with Gasteiger partial charge in [-0.25, -0.2) is 4.39 Å². The van der Waals surface area contributed by atoms with E-state index in [1.165, 1.54) is 0 Å². The fraction of sp³-hybridized carbons (Fsp3) is 1.00. The molecule has 19 heavy (non-hydrogen) atoms. The third-order valence-electron chi connectivity index (χ3n) is 3.52. The molecule has 8 atom stereocenters. The molecule has 0 aromatic carbocycles. The molecule has 0 aromatic rings. The minimum absolute atomic E-state index is 0.200. The molecule has 0 amide bonds. The molecule has 8 nitrogen and oxygen atoms in total. The van der Waals surface area contributed by atoms with Crippen LogP contribution in [0, 0.1) is 5.92 Å². The summed E-state index contributed by atoms with van der Waals surface area (Å²) in [6.07, 6.45) is -5.71. The zero-order valence-electron chi connectivity index (χ0n) is 9.83. The van der Waals surface area contributed by atoms with Gasteiger partial charge < -0.3 is 40.1 Å². The number of rotatable bonds is 1. The van der Waals surface area contributed by atoms with Crippen molar-refractivity contribution in [2.45, 2.75) is 49.3 Å². The molecule has 3 heterocycles. The maximum atomic E-state index is 12.7. The van der Waals surface area contributed by atoms with E-state index in [0.29, 0.717) is 0 Å². The SMILES string of the molecule is OC[C@H]1O[C@H](O)C[C@@H]1O.O[C@H]1O[C@H]2[C@@H](O)C1C2(O)F. The van der Waals surface area contributed by atoms with Gasteiger partial charge in [0, 0.05) is 6.42 Å². The summed E-state index contributed by atoms with van der Waals surface area (Å²) in [5.74, 6) is -3.71. The first-order valence-electron chi connectivity index (χ1n) is 5.84. The maximum absolute atomic E-state index is 12.7. The largest absolute Gasteiger partial charge is 0.394 e. The van der Waals surface area contributed by atoms with E-state index in [0.717, 1.165) is 0 Å². The highest BCUT2D eigenvalue weighted by Gasteiger charge is 2.73. The van der Waals surface area contributed by atoms with E-state index in [1.807, 2.05) is 0 Å². The van der Waals surface area contributed by atoms with Crippen molar-refractivity contribution >= 4 is 0 Å². The second-order valence-corrected chi connectivity index (χ2v) is 4.81. The number of ether oxygens (including phenoxy) is 2. The van der Waals surface area contributed by atoms with Crippen LogP contribution >= 0.6 is 0 Å². The van der Waals surface area contributed by atoms with E-state index < -0.39 is 48.8 Å². The van der Waals surface area contributed by atoms with Gasteiger partial charge in [0.05, 0.1) is 24.7 Å². The summed E-state index contributed by atoms with van der Waals surface area (Å²) < 4.78 is 21.8. The Balaban J connectivity index is 0.000000141. The van der Waals surface area contributed by atoms with Crippen LogP contribution in [0.4, 0.5) is 4.39 Å². The maximum Gasteiger partial charge on any atom is 0.246 e. The van der Waals surface area contributed by atoms with Crippen molar-refractivity contribution in [1.29, 1.82) is 0 Å². The molecule has 6 N–H and O–H groups in total. The molecule has 4 rings (SSSR count). The van der Waals surface area contributed by atoms with E-state index in [1.54, 1.807) is 0 Å². The van der Waals surface area contributed by atoms with Crippen molar-refractivity contribution in [1.82, 2.24) is 0 Å². The van der Waals surface area contributed by atoms with Gasteiger partial charge in [-0.15, -0.1) is 0 Å². The number of hydrogen-bond acceptors (Lipinski definition) is 8. The summed E-state index contributed by atoms with van der Waals surface area (Å²) in [5.41, 5.74) is 0. The fourth-order valence-electron chi connectivity index (χ4n) is 2.39. The number of aliphatic hydroxyl groups is 6. The highest BCUT2D eigenvalue weighted by atomic mass is 19.2. The first kappa shape index (κ1) is 15.0. The summed E-state index contributed by atoms with van der Waals surface area (Å²) >= 11 is 0. The normalized spacial score (nSPS) is 55.4. The van der Waals surface area contributed by atoms with Gasteiger partial charge in [-0.1, -0.05) is 0 Å². The van der Waals surface area contributed by atoms with Crippen LogP contribution in [0.25, 0.3) is 0 Å². The van der Waals surface area contributed by atoms with Gasteiger partial charge in [-0.2, -0.15) is 0 Å². The van der Waals surface area contributed by atoms with Crippen LogP contribution < -0.4 is 0 Å². The number of hydrogen-bond donors (Lipinski definition) is 6. The molecular weight excluding hydrogens is 267 g/mol. The molecule has 2 bridgehead atoms. The van der Waals surface area contributed by atoms with Gasteiger partial charge in [0.15, 0.2) is 12.6 Å². The van der Waals surface area contributed by atoms with Crippen molar-refractivity contribution in [2.24, 2.45) is 5.92 Å². The lowest BCUT2D eigenvalue weighted by molar-refractivity contribution is -0.262. The van der Waals surface area contributed by atoms with Gasteiger partial charge in [-0.3, -0.25) is 0 Å². The number of aliphatic hydroxyl groups excluding tert-OH is 5. The zero-order valence-corrected chi connectivity index (χ0v) is 9.83. The Bertz CT molecular complexity index is 323. The van der Waals surface area contributed by atoms with Crippen molar-refractivity contribution < 1.29 is 44.5 Å². The Morgan fingerprint density at radius 1 is 1.16 bits per heavy atom. The molecule has 0 spiro atoms. The lowest BCUT2D eigenvalue weighted by Crippen LogP contribution is -2.62. The smallest absolute Gasteiger partial charge is 0.246 e. The first-order chi connectivity index (χ1) is 8.78. The molecule has 4 fully saturated rings. The lowest BCUT2D eigenvalue weighted by Gasteiger charge is -2.39. The van der Waals surface area contributed by atoms with E-state index in [-0.39, 0.29) is 13.0 Å². The van der Waals surface area contributed by atoms with Crippen molar-refractivity contribution in [3.8, 4) is 0 Å². The minimum Gasteiger partial charge on any atom is -0.394 e. The van der Waals surface area contributed by atoms with Crippen LogP contribution in [-0.4, -0.2) is 80.1 Å². The van der Waals surface area contributed by atoms with E-state index >= 15 is 0 Å². The molecule has 9 heteroatoms. The standard InChI is InChI=1S/C5H7FO4.C5H10O4/c6-5(9)1-2(7)3(5)10-4(1)8;6-2-4-3(7)1-5(8)9-4/h1-4,7-9H;3-8H,1-2H2/t1?,2-,3-,4-,5?;3-,4+,5-/m00/s1. The Hall–Kier alpha value is -0.390. The molecule has 1 saturated carbocycles. The highest BCUT2D eigenvalue weighted by Crippen LogP contribution is 2.51. The van der Waals surface area contributed by atoms with E-state index in [2.05, 4.69) is 9.47 Å². The summed E-state index contributed by atoms with van der Waals surface area (Å²) in [5, 5.41) is 52.5.